The lowest BCUT2D eigenvalue weighted by Crippen LogP contribution is -2.11. The molecule has 0 atom stereocenters. The van der Waals surface area contributed by atoms with Crippen LogP contribution in [0.2, 0.25) is 0 Å². The Hall–Kier alpha value is -0.970. The fourth-order valence-electron chi connectivity index (χ4n) is 2.05. The number of carbonyl (C=O) groups is 1. The summed E-state index contributed by atoms with van der Waals surface area (Å²) in [5.74, 6) is -0.874. The maximum atomic E-state index is 12.4. The highest BCUT2D eigenvalue weighted by Crippen LogP contribution is 2.32. The van der Waals surface area contributed by atoms with E-state index in [2.05, 4.69) is 0 Å². The number of hydrogen-bond acceptors (Lipinski definition) is 2. The van der Waals surface area contributed by atoms with Gasteiger partial charge in [-0.15, -0.1) is 11.8 Å². The highest BCUT2D eigenvalue weighted by atomic mass is 32.2. The molecule has 0 aliphatic carbocycles. The van der Waals surface area contributed by atoms with Gasteiger partial charge in [-0.3, -0.25) is 4.79 Å². The van der Waals surface area contributed by atoms with Crippen molar-refractivity contribution in [3.05, 3.63) is 28.8 Å². The molecule has 20 heavy (non-hydrogen) atoms. The molecule has 0 aromatic heterocycles. The van der Waals surface area contributed by atoms with Crippen molar-refractivity contribution in [3.63, 3.8) is 0 Å². The van der Waals surface area contributed by atoms with E-state index >= 15 is 0 Å². The van der Waals surface area contributed by atoms with Gasteiger partial charge >= 0.3 is 6.18 Å². The highest BCUT2D eigenvalue weighted by Gasteiger charge is 2.27. The number of carbonyl (C=O) groups excluding carboxylic acids is 1. The molecule has 0 aliphatic rings. The van der Waals surface area contributed by atoms with Crippen LogP contribution in [0.3, 0.4) is 0 Å². The number of ketones is 1. The molecule has 0 unspecified atom stereocenters. The van der Waals surface area contributed by atoms with Gasteiger partial charge in [-0.05, 0) is 42.5 Å². The van der Waals surface area contributed by atoms with Crippen LogP contribution in [0.4, 0.5) is 13.2 Å². The van der Waals surface area contributed by atoms with E-state index in [4.69, 9.17) is 0 Å². The normalized spacial score (nSPS) is 11.7. The molecule has 0 aliphatic heterocycles. The molecule has 0 fully saturated rings. The zero-order chi connectivity index (χ0) is 15.3. The summed E-state index contributed by atoms with van der Waals surface area (Å²) in [6, 6.07) is 3.70. The van der Waals surface area contributed by atoms with Crippen LogP contribution < -0.4 is 0 Å². The monoisotopic (exact) mass is 304 g/mol. The minimum absolute atomic E-state index is 0.0238. The first-order valence-corrected chi connectivity index (χ1v) is 7.59. The van der Waals surface area contributed by atoms with E-state index in [1.807, 2.05) is 19.9 Å². The molecule has 0 N–H and O–H groups in total. The minimum Gasteiger partial charge on any atom is -0.300 e. The van der Waals surface area contributed by atoms with Crippen LogP contribution in [0, 0.1) is 0 Å². The van der Waals surface area contributed by atoms with Crippen molar-refractivity contribution in [2.45, 2.75) is 51.1 Å². The molecular formula is C15H19F3OS. The fraction of sp³-hybridized carbons (Fsp3) is 0.533. The Morgan fingerprint density at radius 3 is 2.15 bits per heavy atom. The molecule has 0 bridgehead atoms. The predicted molar refractivity (Wildman–Crippen MR) is 76.4 cm³/mol. The lowest BCUT2D eigenvalue weighted by molar-refractivity contribution is -0.116. The Balaban J connectivity index is 3.10. The highest BCUT2D eigenvalue weighted by molar-refractivity contribution is 7.99. The smallest absolute Gasteiger partial charge is 0.300 e. The van der Waals surface area contributed by atoms with Gasteiger partial charge in [-0.25, -0.2) is 0 Å². The van der Waals surface area contributed by atoms with Crippen LogP contribution >= 0.6 is 11.8 Å². The second kappa shape index (κ2) is 7.16. The van der Waals surface area contributed by atoms with Crippen molar-refractivity contribution < 1.29 is 18.0 Å². The van der Waals surface area contributed by atoms with E-state index in [0.717, 1.165) is 34.9 Å². The van der Waals surface area contributed by atoms with Crippen LogP contribution in [0.1, 0.15) is 37.5 Å². The second-order valence-corrected chi connectivity index (χ2v) is 5.74. The molecule has 5 heteroatoms. The molecule has 0 heterocycles. The summed E-state index contributed by atoms with van der Waals surface area (Å²) in [5, 5.41) is 0. The molecule has 112 valence electrons. The number of halogens is 3. The van der Waals surface area contributed by atoms with E-state index in [0.29, 0.717) is 11.3 Å². The van der Waals surface area contributed by atoms with E-state index in [-0.39, 0.29) is 12.2 Å². The third-order valence-corrected chi connectivity index (χ3v) is 4.14. The van der Waals surface area contributed by atoms with Crippen molar-refractivity contribution in [2.24, 2.45) is 0 Å². The molecule has 0 saturated carbocycles. The van der Waals surface area contributed by atoms with E-state index < -0.39 is 11.9 Å². The topological polar surface area (TPSA) is 17.1 Å². The molecule has 1 aromatic rings. The fourth-order valence-corrected chi connectivity index (χ4v) is 2.98. The summed E-state index contributed by atoms with van der Waals surface area (Å²) < 4.78 is 37.1. The third-order valence-electron chi connectivity index (χ3n) is 2.98. The number of hydrogen-bond donors (Lipinski definition) is 0. The SMILES string of the molecule is CCc1cc(CC)c(SCC(F)(F)F)cc1CC(C)=O. The molecule has 0 spiro atoms. The molecule has 1 rings (SSSR count). The number of alkyl halides is 3. The Labute approximate surface area is 121 Å². The standard InChI is InChI=1S/C15H19F3OS/c1-4-11-7-12(5-2)14(20-9-15(16,17)18)8-13(11)6-10(3)19/h7-8H,4-6,9H2,1-3H3. The van der Waals surface area contributed by atoms with E-state index in [9.17, 15) is 18.0 Å². The Morgan fingerprint density at radius 2 is 1.70 bits per heavy atom. The lowest BCUT2D eigenvalue weighted by atomic mass is 9.97. The maximum absolute atomic E-state index is 12.4. The number of thioether (sulfide) groups is 1. The number of Topliss-reactive ketones (excluding diaryl/α,β-unsaturated/α-hetero) is 1. The maximum Gasteiger partial charge on any atom is 0.398 e. The first-order chi connectivity index (χ1) is 9.26. The van der Waals surface area contributed by atoms with Crippen molar-refractivity contribution >= 4 is 17.5 Å². The molecule has 1 aromatic carbocycles. The average Bonchev–Trinajstić information content (AvgIpc) is 2.34. The number of aryl methyl sites for hydroxylation is 2. The summed E-state index contributed by atoms with van der Waals surface area (Å²) in [6.45, 7) is 5.41. The van der Waals surface area contributed by atoms with Gasteiger partial charge in [-0.2, -0.15) is 13.2 Å². The summed E-state index contributed by atoms with van der Waals surface area (Å²) in [6.07, 6.45) is -2.43. The summed E-state index contributed by atoms with van der Waals surface area (Å²) in [4.78, 5) is 11.9. The number of rotatable bonds is 6. The van der Waals surface area contributed by atoms with Crippen LogP contribution in [-0.2, 0) is 24.1 Å². The van der Waals surface area contributed by atoms with Gasteiger partial charge in [-0.1, -0.05) is 19.9 Å². The van der Waals surface area contributed by atoms with Gasteiger partial charge in [0.15, 0.2) is 0 Å². The van der Waals surface area contributed by atoms with Gasteiger partial charge in [0.05, 0.1) is 5.75 Å². The van der Waals surface area contributed by atoms with Crippen molar-refractivity contribution in [3.8, 4) is 0 Å². The van der Waals surface area contributed by atoms with Crippen LogP contribution in [0.5, 0.6) is 0 Å². The molecule has 0 amide bonds. The first-order valence-electron chi connectivity index (χ1n) is 6.60. The Morgan fingerprint density at radius 1 is 1.10 bits per heavy atom. The summed E-state index contributed by atoms with van der Waals surface area (Å²) >= 11 is 0.803. The van der Waals surface area contributed by atoms with Gasteiger partial charge in [0.2, 0.25) is 0 Å². The molecular weight excluding hydrogens is 285 g/mol. The van der Waals surface area contributed by atoms with Gasteiger partial charge in [0.25, 0.3) is 0 Å². The van der Waals surface area contributed by atoms with Gasteiger partial charge in [0.1, 0.15) is 5.78 Å². The van der Waals surface area contributed by atoms with Crippen molar-refractivity contribution in [1.82, 2.24) is 0 Å². The zero-order valence-electron chi connectivity index (χ0n) is 11.9. The van der Waals surface area contributed by atoms with Crippen molar-refractivity contribution in [1.29, 1.82) is 0 Å². The van der Waals surface area contributed by atoms with Gasteiger partial charge in [0, 0.05) is 11.3 Å². The second-order valence-electron chi connectivity index (χ2n) is 4.72. The van der Waals surface area contributed by atoms with E-state index in [1.54, 1.807) is 6.07 Å². The molecule has 0 radical (unpaired) electrons. The first kappa shape index (κ1) is 17.1. The van der Waals surface area contributed by atoms with Crippen LogP contribution in [-0.4, -0.2) is 17.7 Å². The van der Waals surface area contributed by atoms with Crippen LogP contribution in [0.15, 0.2) is 17.0 Å². The van der Waals surface area contributed by atoms with Crippen molar-refractivity contribution in [2.75, 3.05) is 5.75 Å². The van der Waals surface area contributed by atoms with E-state index in [1.165, 1.54) is 6.92 Å². The zero-order valence-corrected chi connectivity index (χ0v) is 12.8. The average molecular weight is 304 g/mol. The quantitative estimate of drug-likeness (QED) is 0.715. The summed E-state index contributed by atoms with van der Waals surface area (Å²) in [7, 11) is 0. The Kier molecular flexibility index (Phi) is 6.11. The third kappa shape index (κ3) is 5.19. The Bertz CT molecular complexity index is 481. The summed E-state index contributed by atoms with van der Waals surface area (Å²) in [5.41, 5.74) is 2.82. The van der Waals surface area contributed by atoms with Crippen LogP contribution in [0.25, 0.3) is 0 Å². The molecule has 1 nitrogen and oxygen atoms in total. The number of benzene rings is 1. The minimum atomic E-state index is -4.18. The lowest BCUT2D eigenvalue weighted by Gasteiger charge is -2.15. The van der Waals surface area contributed by atoms with Gasteiger partial charge < -0.3 is 0 Å². The largest absolute Gasteiger partial charge is 0.398 e. The molecule has 0 saturated heterocycles. The predicted octanol–water partition coefficient (Wildman–Crippen LogP) is 4.60.